The lowest BCUT2D eigenvalue weighted by atomic mass is 9.85. The van der Waals surface area contributed by atoms with Crippen LogP contribution in [0, 0.1) is 5.92 Å². The Kier molecular flexibility index (Phi) is 6.04. The summed E-state index contributed by atoms with van der Waals surface area (Å²) in [6, 6.07) is 11.6. The van der Waals surface area contributed by atoms with Crippen molar-refractivity contribution in [2.75, 3.05) is 5.32 Å². The van der Waals surface area contributed by atoms with E-state index < -0.39 is 6.09 Å². The molecule has 1 heterocycles. The van der Waals surface area contributed by atoms with Crippen LogP contribution >= 0.6 is 27.3 Å². The second-order valence-corrected chi connectivity index (χ2v) is 7.77. The number of benzene rings is 1. The first-order valence-corrected chi connectivity index (χ1v) is 9.70. The van der Waals surface area contributed by atoms with Crippen molar-refractivity contribution in [2.24, 2.45) is 11.1 Å². The van der Waals surface area contributed by atoms with E-state index in [4.69, 9.17) is 4.84 Å². The monoisotopic (exact) mass is 406 g/mol. The molecule has 3 rings (SSSR count). The number of nitrogens with one attached hydrogen (secondary N) is 1. The summed E-state index contributed by atoms with van der Waals surface area (Å²) < 4.78 is 0.898. The van der Waals surface area contributed by atoms with Gasteiger partial charge in [-0.25, -0.2) is 4.79 Å². The molecule has 6 heteroatoms. The molecule has 0 spiro atoms. The van der Waals surface area contributed by atoms with E-state index in [1.807, 2.05) is 18.2 Å². The third-order valence-corrected chi connectivity index (χ3v) is 5.44. The fourth-order valence-corrected chi connectivity index (χ4v) is 4.07. The van der Waals surface area contributed by atoms with Crippen LogP contribution in [-0.2, 0) is 11.3 Å². The number of hydrogen-bond donors (Lipinski definition) is 1. The minimum atomic E-state index is -0.555. The van der Waals surface area contributed by atoms with Crippen molar-refractivity contribution in [3.8, 4) is 0 Å². The van der Waals surface area contributed by atoms with Crippen LogP contribution in [0.1, 0.15) is 30.6 Å². The Labute approximate surface area is 154 Å². The predicted octanol–water partition coefficient (Wildman–Crippen LogP) is 5.85. The quantitative estimate of drug-likeness (QED) is 0.511. The lowest BCUT2D eigenvalue weighted by Crippen LogP contribution is -2.22. The van der Waals surface area contributed by atoms with Gasteiger partial charge in [0.1, 0.15) is 0 Å². The van der Waals surface area contributed by atoms with Gasteiger partial charge in [0.2, 0.25) is 0 Å². The van der Waals surface area contributed by atoms with E-state index in [0.717, 1.165) is 35.9 Å². The van der Waals surface area contributed by atoms with Gasteiger partial charge in [-0.2, -0.15) is 0 Å². The van der Waals surface area contributed by atoms with E-state index in [1.54, 1.807) is 17.4 Å². The summed E-state index contributed by atoms with van der Waals surface area (Å²) in [7, 11) is 0. The van der Waals surface area contributed by atoms with Gasteiger partial charge in [0.25, 0.3) is 0 Å². The van der Waals surface area contributed by atoms with Crippen LogP contribution in [-0.4, -0.2) is 11.8 Å². The van der Waals surface area contributed by atoms with Gasteiger partial charge >= 0.3 is 6.09 Å². The Morgan fingerprint density at radius 2 is 2.25 bits per heavy atom. The molecule has 4 nitrogen and oxygen atoms in total. The number of halogens is 1. The molecule has 0 saturated heterocycles. The van der Waals surface area contributed by atoms with E-state index in [2.05, 4.69) is 43.9 Å². The first-order valence-electron chi connectivity index (χ1n) is 8.03. The first kappa shape index (κ1) is 17.2. The number of rotatable bonds is 4. The molecule has 1 aromatic heterocycles. The number of oxime groups is 1. The number of thiophene rings is 1. The van der Waals surface area contributed by atoms with Gasteiger partial charge in [-0.05, 0) is 55.3 Å². The topological polar surface area (TPSA) is 50.7 Å². The van der Waals surface area contributed by atoms with Crippen molar-refractivity contribution in [3.63, 3.8) is 0 Å². The van der Waals surface area contributed by atoms with Gasteiger partial charge in [-0.15, -0.1) is 11.3 Å². The van der Waals surface area contributed by atoms with Crippen LogP contribution < -0.4 is 5.32 Å². The highest BCUT2D eigenvalue weighted by atomic mass is 79.9. The molecule has 1 saturated carbocycles. The van der Waals surface area contributed by atoms with Crippen molar-refractivity contribution < 1.29 is 9.63 Å². The Hall–Kier alpha value is -1.66. The van der Waals surface area contributed by atoms with E-state index in [0.29, 0.717) is 11.6 Å². The third-order valence-electron chi connectivity index (χ3n) is 4.05. The molecule has 1 aromatic carbocycles. The molecule has 0 radical (unpaired) electrons. The van der Waals surface area contributed by atoms with E-state index in [1.165, 1.54) is 11.3 Å². The smallest absolute Gasteiger partial charge is 0.298 e. The molecule has 0 aliphatic heterocycles. The lowest BCUT2D eigenvalue weighted by molar-refractivity contribution is 0.165. The largest absolute Gasteiger partial charge is 0.437 e. The summed E-state index contributed by atoms with van der Waals surface area (Å²) in [5.74, 6) is 0.371. The van der Waals surface area contributed by atoms with Crippen LogP contribution in [0.5, 0.6) is 0 Å². The van der Waals surface area contributed by atoms with Crippen molar-refractivity contribution in [1.29, 1.82) is 0 Å². The number of carbonyl (C=O) groups excluding carboxylic acids is 1. The molecule has 1 aliphatic rings. The molecular weight excluding hydrogens is 388 g/mol. The zero-order valence-corrected chi connectivity index (χ0v) is 15.6. The summed E-state index contributed by atoms with van der Waals surface area (Å²) in [6.07, 6.45) is 4.75. The molecule has 1 atom stereocenters. The lowest BCUT2D eigenvalue weighted by Gasteiger charge is -2.22. The highest BCUT2D eigenvalue weighted by molar-refractivity contribution is 9.10. The molecular formula is C18H19BrN2O2S. The number of carbonyl (C=O) groups is 1. The van der Waals surface area contributed by atoms with E-state index in [-0.39, 0.29) is 0 Å². The summed E-state index contributed by atoms with van der Waals surface area (Å²) in [5, 5.41) is 8.94. The van der Waals surface area contributed by atoms with Crippen LogP contribution in [0.25, 0.3) is 0 Å². The van der Waals surface area contributed by atoms with Crippen LogP contribution in [0.4, 0.5) is 10.5 Å². The number of hydrogen-bond acceptors (Lipinski definition) is 4. The zero-order valence-electron chi connectivity index (χ0n) is 13.2. The van der Waals surface area contributed by atoms with Gasteiger partial charge < -0.3 is 0 Å². The number of nitrogens with zero attached hydrogens (tertiary/aromatic N) is 1. The molecule has 1 unspecified atom stereocenters. The zero-order chi connectivity index (χ0) is 16.8. The molecule has 126 valence electrons. The molecule has 1 fully saturated rings. The number of amides is 1. The summed E-state index contributed by atoms with van der Waals surface area (Å²) in [6.45, 7) is 0. The minimum absolute atomic E-state index is 0.371. The summed E-state index contributed by atoms with van der Waals surface area (Å²) in [4.78, 5) is 18.4. The Bertz CT molecular complexity index is 716. The van der Waals surface area contributed by atoms with E-state index >= 15 is 0 Å². The second-order valence-electron chi connectivity index (χ2n) is 5.82. The molecule has 1 amide bonds. The van der Waals surface area contributed by atoms with Gasteiger partial charge in [-0.1, -0.05) is 39.6 Å². The summed E-state index contributed by atoms with van der Waals surface area (Å²) in [5.41, 5.74) is 1.67. The van der Waals surface area contributed by atoms with E-state index in [9.17, 15) is 4.79 Å². The maximum Gasteiger partial charge on any atom is 0.437 e. The SMILES string of the molecule is O=C(Nc1cccc(Br)c1)O/N=C1\CCCCC1Cc1cccs1. The molecule has 1 aliphatic carbocycles. The van der Waals surface area contributed by atoms with Crippen LogP contribution in [0.15, 0.2) is 51.4 Å². The van der Waals surface area contributed by atoms with Gasteiger partial charge in [0.05, 0.1) is 5.71 Å². The highest BCUT2D eigenvalue weighted by Crippen LogP contribution is 2.27. The first-order chi connectivity index (χ1) is 11.7. The highest BCUT2D eigenvalue weighted by Gasteiger charge is 2.22. The van der Waals surface area contributed by atoms with Gasteiger partial charge in [0.15, 0.2) is 0 Å². The fraction of sp³-hybridized carbons (Fsp3) is 0.333. The van der Waals surface area contributed by atoms with Crippen LogP contribution in [0.3, 0.4) is 0 Å². The fourth-order valence-electron chi connectivity index (χ4n) is 2.89. The van der Waals surface area contributed by atoms with Crippen molar-refractivity contribution in [1.82, 2.24) is 0 Å². The molecule has 2 aromatic rings. The third kappa shape index (κ3) is 4.92. The average Bonchev–Trinajstić information content (AvgIpc) is 3.07. The van der Waals surface area contributed by atoms with Crippen molar-refractivity contribution >= 4 is 44.8 Å². The minimum Gasteiger partial charge on any atom is -0.298 e. The van der Waals surface area contributed by atoms with Crippen molar-refractivity contribution in [3.05, 3.63) is 51.1 Å². The van der Waals surface area contributed by atoms with Gasteiger partial charge in [0, 0.05) is 21.0 Å². The maximum atomic E-state index is 11.9. The number of anilines is 1. The normalized spacial score (nSPS) is 19.2. The molecule has 24 heavy (non-hydrogen) atoms. The molecule has 1 N–H and O–H groups in total. The summed E-state index contributed by atoms with van der Waals surface area (Å²) >= 11 is 5.14. The Balaban J connectivity index is 1.59. The standard InChI is InChI=1S/C18H19BrN2O2S/c19-14-6-3-7-15(12-14)20-18(22)23-21-17-9-2-1-5-13(17)11-16-8-4-10-24-16/h3-4,6-8,10,12-13H,1-2,5,9,11H2,(H,20,22)/b21-17+. The average molecular weight is 407 g/mol. The van der Waals surface area contributed by atoms with Crippen molar-refractivity contribution in [2.45, 2.75) is 32.1 Å². The Morgan fingerprint density at radius 3 is 3.04 bits per heavy atom. The van der Waals surface area contributed by atoms with Gasteiger partial charge in [-0.3, -0.25) is 10.2 Å². The predicted molar refractivity (Wildman–Crippen MR) is 102 cm³/mol. The maximum absolute atomic E-state index is 11.9. The van der Waals surface area contributed by atoms with Crippen LogP contribution in [0.2, 0.25) is 0 Å². The Morgan fingerprint density at radius 1 is 1.33 bits per heavy atom. The molecule has 0 bridgehead atoms. The second kappa shape index (κ2) is 8.44.